The summed E-state index contributed by atoms with van der Waals surface area (Å²) < 4.78 is 5.45. The normalized spacial score (nSPS) is 12.2. The second-order valence-electron chi connectivity index (χ2n) is 6.70. The Morgan fingerprint density at radius 3 is 2.32 bits per heavy atom. The molecule has 0 aliphatic carbocycles. The van der Waals surface area contributed by atoms with Crippen LogP contribution in [0.2, 0.25) is 0 Å². The number of hydrogen-bond donors (Lipinski definition) is 1. The molecule has 6 heteroatoms. The maximum atomic E-state index is 12.3. The third-order valence-corrected chi connectivity index (χ3v) is 3.83. The predicted octanol–water partition coefficient (Wildman–Crippen LogP) is 3.55. The van der Waals surface area contributed by atoms with Crippen LogP contribution in [-0.4, -0.2) is 21.9 Å². The van der Waals surface area contributed by atoms with Crippen molar-refractivity contribution < 1.29 is 14.0 Å². The number of rotatable bonds is 8. The SMILES string of the molecule is Cc1ccc(C(=O)CCC(=O)NC(CC(C)C)c2nnc(C)o2)cc1. The average molecular weight is 343 g/mol. The molecular formula is C19H25N3O3. The van der Waals surface area contributed by atoms with Crippen molar-refractivity contribution in [1.82, 2.24) is 15.5 Å². The summed E-state index contributed by atoms with van der Waals surface area (Å²) in [6.45, 7) is 7.80. The van der Waals surface area contributed by atoms with Crippen molar-refractivity contribution in [2.75, 3.05) is 0 Å². The zero-order chi connectivity index (χ0) is 18.4. The van der Waals surface area contributed by atoms with Crippen LogP contribution in [-0.2, 0) is 4.79 Å². The maximum Gasteiger partial charge on any atom is 0.238 e. The van der Waals surface area contributed by atoms with Crippen LogP contribution < -0.4 is 5.32 Å². The van der Waals surface area contributed by atoms with E-state index in [0.29, 0.717) is 29.7 Å². The Hall–Kier alpha value is -2.50. The van der Waals surface area contributed by atoms with E-state index in [-0.39, 0.29) is 30.6 Å². The zero-order valence-corrected chi connectivity index (χ0v) is 15.2. The summed E-state index contributed by atoms with van der Waals surface area (Å²) in [7, 11) is 0. The lowest BCUT2D eigenvalue weighted by Gasteiger charge is -2.17. The van der Waals surface area contributed by atoms with Gasteiger partial charge in [0.2, 0.25) is 17.7 Å². The monoisotopic (exact) mass is 343 g/mol. The molecule has 134 valence electrons. The molecule has 0 saturated carbocycles. The summed E-state index contributed by atoms with van der Waals surface area (Å²) >= 11 is 0. The lowest BCUT2D eigenvalue weighted by Crippen LogP contribution is -2.30. The van der Waals surface area contributed by atoms with Gasteiger partial charge in [0.1, 0.15) is 6.04 Å². The van der Waals surface area contributed by atoms with Gasteiger partial charge in [-0.15, -0.1) is 10.2 Å². The lowest BCUT2D eigenvalue weighted by atomic mass is 10.0. The van der Waals surface area contributed by atoms with E-state index in [9.17, 15) is 9.59 Å². The number of benzene rings is 1. The van der Waals surface area contributed by atoms with Gasteiger partial charge in [0.25, 0.3) is 0 Å². The molecule has 0 saturated heterocycles. The van der Waals surface area contributed by atoms with E-state index >= 15 is 0 Å². The highest BCUT2D eigenvalue weighted by Crippen LogP contribution is 2.20. The zero-order valence-electron chi connectivity index (χ0n) is 15.2. The molecule has 0 radical (unpaired) electrons. The van der Waals surface area contributed by atoms with Crippen LogP contribution in [0.4, 0.5) is 0 Å². The highest BCUT2D eigenvalue weighted by Gasteiger charge is 2.22. The summed E-state index contributed by atoms with van der Waals surface area (Å²) in [6, 6.07) is 7.04. The number of carbonyl (C=O) groups excluding carboxylic acids is 2. The van der Waals surface area contributed by atoms with E-state index in [4.69, 9.17) is 4.42 Å². The molecule has 6 nitrogen and oxygen atoms in total. The smallest absolute Gasteiger partial charge is 0.238 e. The summed E-state index contributed by atoms with van der Waals surface area (Å²) in [5.41, 5.74) is 1.73. The van der Waals surface area contributed by atoms with Crippen LogP contribution in [0.15, 0.2) is 28.7 Å². The lowest BCUT2D eigenvalue weighted by molar-refractivity contribution is -0.122. The van der Waals surface area contributed by atoms with Crippen LogP contribution >= 0.6 is 0 Å². The van der Waals surface area contributed by atoms with Gasteiger partial charge in [-0.1, -0.05) is 43.7 Å². The fraction of sp³-hybridized carbons (Fsp3) is 0.474. The molecule has 1 atom stereocenters. The first-order chi connectivity index (χ1) is 11.8. The highest BCUT2D eigenvalue weighted by atomic mass is 16.4. The summed E-state index contributed by atoms with van der Waals surface area (Å²) in [4.78, 5) is 24.4. The van der Waals surface area contributed by atoms with Gasteiger partial charge in [-0.2, -0.15) is 0 Å². The van der Waals surface area contributed by atoms with E-state index < -0.39 is 0 Å². The Balaban J connectivity index is 1.92. The fourth-order valence-corrected chi connectivity index (χ4v) is 2.52. The minimum atomic E-state index is -0.330. The molecule has 0 aliphatic rings. The first kappa shape index (κ1) is 18.8. The number of ketones is 1. The largest absolute Gasteiger partial charge is 0.423 e. The topological polar surface area (TPSA) is 85.1 Å². The second-order valence-corrected chi connectivity index (χ2v) is 6.70. The molecular weight excluding hydrogens is 318 g/mol. The average Bonchev–Trinajstić information content (AvgIpc) is 2.99. The number of nitrogens with one attached hydrogen (secondary N) is 1. The second kappa shape index (κ2) is 8.55. The van der Waals surface area contributed by atoms with E-state index in [1.165, 1.54) is 0 Å². The molecule has 0 aliphatic heterocycles. The number of amides is 1. The Morgan fingerprint density at radius 1 is 1.08 bits per heavy atom. The van der Waals surface area contributed by atoms with Crippen LogP contribution in [0, 0.1) is 19.8 Å². The quantitative estimate of drug-likeness (QED) is 0.741. The first-order valence-electron chi connectivity index (χ1n) is 8.54. The van der Waals surface area contributed by atoms with Gasteiger partial charge < -0.3 is 9.73 Å². The third kappa shape index (κ3) is 5.81. The van der Waals surface area contributed by atoms with Gasteiger partial charge in [-0.05, 0) is 19.3 Å². The van der Waals surface area contributed by atoms with Gasteiger partial charge >= 0.3 is 0 Å². The highest BCUT2D eigenvalue weighted by molar-refractivity contribution is 5.97. The molecule has 1 amide bonds. The molecule has 0 fully saturated rings. The van der Waals surface area contributed by atoms with Gasteiger partial charge in [0.05, 0.1) is 0 Å². The minimum absolute atomic E-state index is 0.0378. The minimum Gasteiger partial charge on any atom is -0.423 e. The van der Waals surface area contributed by atoms with Crippen molar-refractivity contribution in [3.05, 3.63) is 47.2 Å². The van der Waals surface area contributed by atoms with Crippen LogP contribution in [0.5, 0.6) is 0 Å². The molecule has 2 aromatic rings. The molecule has 1 heterocycles. The van der Waals surface area contributed by atoms with Crippen LogP contribution in [0.1, 0.15) is 66.9 Å². The predicted molar refractivity (Wildman–Crippen MR) is 94.1 cm³/mol. The number of carbonyl (C=O) groups is 2. The molecule has 1 unspecified atom stereocenters. The van der Waals surface area contributed by atoms with Gasteiger partial charge in [-0.3, -0.25) is 9.59 Å². The molecule has 1 aromatic heterocycles. The summed E-state index contributed by atoms with van der Waals surface area (Å²) in [5, 5.41) is 10.7. The molecule has 2 rings (SSSR count). The van der Waals surface area contributed by atoms with Crippen molar-refractivity contribution in [1.29, 1.82) is 0 Å². The molecule has 25 heavy (non-hydrogen) atoms. The van der Waals surface area contributed by atoms with E-state index in [0.717, 1.165) is 5.56 Å². The van der Waals surface area contributed by atoms with Crippen molar-refractivity contribution in [2.24, 2.45) is 5.92 Å². The Labute approximate surface area is 148 Å². The Kier molecular flexibility index (Phi) is 6.44. The molecule has 1 aromatic carbocycles. The van der Waals surface area contributed by atoms with Crippen molar-refractivity contribution in [3.63, 3.8) is 0 Å². The summed E-state index contributed by atoms with van der Waals surface area (Å²) in [6.07, 6.45) is 1.000. The standard InChI is InChI=1S/C19H25N3O3/c1-12(2)11-16(19-22-21-14(4)25-19)20-18(24)10-9-17(23)15-7-5-13(3)6-8-15/h5-8,12,16H,9-11H2,1-4H3,(H,20,24). The van der Waals surface area contributed by atoms with Gasteiger partial charge in [-0.25, -0.2) is 0 Å². The van der Waals surface area contributed by atoms with Crippen molar-refractivity contribution in [2.45, 2.75) is 53.0 Å². The molecule has 1 N–H and O–H groups in total. The fourth-order valence-electron chi connectivity index (χ4n) is 2.52. The summed E-state index contributed by atoms with van der Waals surface area (Å²) in [5.74, 6) is 0.995. The van der Waals surface area contributed by atoms with Gasteiger partial charge in [0.15, 0.2) is 5.78 Å². The Bertz CT molecular complexity index is 720. The number of hydrogen-bond acceptors (Lipinski definition) is 5. The molecule has 0 spiro atoms. The van der Waals surface area contributed by atoms with Crippen LogP contribution in [0.3, 0.4) is 0 Å². The van der Waals surface area contributed by atoms with Crippen LogP contribution in [0.25, 0.3) is 0 Å². The maximum absolute atomic E-state index is 12.3. The number of aromatic nitrogens is 2. The van der Waals surface area contributed by atoms with E-state index in [2.05, 4.69) is 29.4 Å². The number of nitrogens with zero attached hydrogens (tertiary/aromatic N) is 2. The Morgan fingerprint density at radius 2 is 1.76 bits per heavy atom. The third-order valence-electron chi connectivity index (χ3n) is 3.83. The molecule has 0 bridgehead atoms. The number of Topliss-reactive ketones (excluding diaryl/α,β-unsaturated/α-hetero) is 1. The first-order valence-corrected chi connectivity index (χ1v) is 8.54. The van der Waals surface area contributed by atoms with Crippen molar-refractivity contribution >= 4 is 11.7 Å². The van der Waals surface area contributed by atoms with E-state index in [1.54, 1.807) is 19.1 Å². The van der Waals surface area contributed by atoms with E-state index in [1.807, 2.05) is 19.1 Å². The number of aryl methyl sites for hydroxylation is 2. The van der Waals surface area contributed by atoms with Gasteiger partial charge in [0, 0.05) is 25.3 Å². The van der Waals surface area contributed by atoms with Crippen molar-refractivity contribution in [3.8, 4) is 0 Å².